The van der Waals surface area contributed by atoms with Crippen molar-refractivity contribution >= 4 is 51.2 Å². The van der Waals surface area contributed by atoms with E-state index in [1.807, 2.05) is 12.1 Å². The molecule has 0 atom stereocenters. The molecule has 168 valence electrons. The van der Waals surface area contributed by atoms with Gasteiger partial charge in [-0.1, -0.05) is 6.07 Å². The number of nitrogens with zero attached hydrogens (tertiary/aromatic N) is 2. The summed E-state index contributed by atoms with van der Waals surface area (Å²) in [6.07, 6.45) is 1.41. The molecule has 0 saturated heterocycles. The van der Waals surface area contributed by atoms with E-state index in [2.05, 4.69) is 15.3 Å². The number of benzene rings is 2. The molecule has 0 radical (unpaired) electrons. The second kappa shape index (κ2) is 9.83. The van der Waals surface area contributed by atoms with Crippen LogP contribution in [0.1, 0.15) is 22.3 Å². The van der Waals surface area contributed by atoms with Crippen LogP contribution < -0.4 is 22.5 Å². The van der Waals surface area contributed by atoms with Gasteiger partial charge in [-0.2, -0.15) is 18.4 Å². The predicted molar refractivity (Wildman–Crippen MR) is 123 cm³/mol. The second-order valence-electron chi connectivity index (χ2n) is 6.73. The number of halogens is 1. The number of thioether (sulfide) groups is 1. The summed E-state index contributed by atoms with van der Waals surface area (Å²) in [6, 6.07) is 11.9. The van der Waals surface area contributed by atoms with Gasteiger partial charge in [-0.05, 0) is 61.1 Å². The Balaban J connectivity index is 1.53. The maximum Gasteiger partial charge on any atom is 0.332 e. The van der Waals surface area contributed by atoms with Gasteiger partial charge in [0.15, 0.2) is 0 Å². The van der Waals surface area contributed by atoms with Crippen LogP contribution in [0.25, 0.3) is 0 Å². The first-order chi connectivity index (χ1) is 15.1. The lowest BCUT2D eigenvalue weighted by atomic mass is 10.1. The summed E-state index contributed by atoms with van der Waals surface area (Å²) in [7, 11) is -4.88. The van der Waals surface area contributed by atoms with Crippen molar-refractivity contribution in [2.45, 2.75) is 22.6 Å². The van der Waals surface area contributed by atoms with Gasteiger partial charge in [0, 0.05) is 21.7 Å². The number of amides is 1. The fourth-order valence-electron chi connectivity index (χ4n) is 2.86. The van der Waals surface area contributed by atoms with Crippen LogP contribution in [-0.4, -0.2) is 30.0 Å². The van der Waals surface area contributed by atoms with Crippen molar-refractivity contribution in [1.29, 1.82) is 0 Å². The lowest BCUT2D eigenvalue weighted by Gasteiger charge is -2.09. The molecule has 2 aromatic carbocycles. The average molecular weight is 477 g/mol. The van der Waals surface area contributed by atoms with Crippen molar-refractivity contribution in [3.8, 4) is 0 Å². The predicted octanol–water partition coefficient (Wildman–Crippen LogP) is 2.86. The lowest BCUT2D eigenvalue weighted by Crippen LogP contribution is -2.12. The molecule has 0 aliphatic carbocycles. The van der Waals surface area contributed by atoms with Crippen LogP contribution in [0.4, 0.5) is 27.2 Å². The minimum Gasteiger partial charge on any atom is -0.383 e. The summed E-state index contributed by atoms with van der Waals surface area (Å²) in [4.78, 5) is 20.6. The third-order valence-electron chi connectivity index (χ3n) is 4.42. The summed E-state index contributed by atoms with van der Waals surface area (Å²) in [6.45, 7) is 0. The monoisotopic (exact) mass is 476 g/mol. The average Bonchev–Trinajstić information content (AvgIpc) is 2.73. The van der Waals surface area contributed by atoms with Gasteiger partial charge >= 0.3 is 10.2 Å². The van der Waals surface area contributed by atoms with E-state index in [1.54, 1.807) is 23.9 Å². The van der Waals surface area contributed by atoms with E-state index in [0.717, 1.165) is 29.2 Å². The number of anilines is 4. The smallest absolute Gasteiger partial charge is 0.332 e. The van der Waals surface area contributed by atoms with Crippen molar-refractivity contribution in [1.82, 2.24) is 9.97 Å². The van der Waals surface area contributed by atoms with Crippen LogP contribution in [0.3, 0.4) is 0 Å². The van der Waals surface area contributed by atoms with E-state index >= 15 is 0 Å². The number of nitrogen functional groups attached to an aromatic ring is 3. The molecule has 7 N–H and O–H groups in total. The molecular formula is C20H21FN6O3S2. The minimum atomic E-state index is -4.88. The van der Waals surface area contributed by atoms with Crippen LogP contribution in [0.2, 0.25) is 0 Å². The molecule has 32 heavy (non-hydrogen) atoms. The summed E-state index contributed by atoms with van der Waals surface area (Å²) >= 11 is 1.61. The molecule has 1 heterocycles. The molecule has 1 aromatic heterocycles. The van der Waals surface area contributed by atoms with Crippen molar-refractivity contribution < 1.29 is 17.1 Å². The number of aromatic nitrogens is 2. The Bertz CT molecular complexity index is 1210. The third kappa shape index (κ3) is 6.08. The van der Waals surface area contributed by atoms with Gasteiger partial charge in [-0.15, -0.1) is 15.6 Å². The van der Waals surface area contributed by atoms with E-state index < -0.39 is 21.0 Å². The van der Waals surface area contributed by atoms with E-state index in [4.69, 9.17) is 17.2 Å². The summed E-state index contributed by atoms with van der Waals surface area (Å²) in [5.41, 5.74) is 18.4. The van der Waals surface area contributed by atoms with Crippen LogP contribution in [0.5, 0.6) is 0 Å². The van der Waals surface area contributed by atoms with Crippen LogP contribution in [-0.2, 0) is 16.6 Å². The molecule has 0 unspecified atom stereocenters. The molecule has 1 amide bonds. The third-order valence-corrected chi connectivity index (χ3v) is 6.33. The van der Waals surface area contributed by atoms with Gasteiger partial charge in [0.2, 0.25) is 5.95 Å². The van der Waals surface area contributed by atoms with E-state index in [9.17, 15) is 17.1 Å². The Labute approximate surface area is 188 Å². The number of rotatable bonds is 8. The van der Waals surface area contributed by atoms with Gasteiger partial charge in [0.1, 0.15) is 11.6 Å². The van der Waals surface area contributed by atoms with Gasteiger partial charge in [0.25, 0.3) is 5.91 Å². The van der Waals surface area contributed by atoms with Gasteiger partial charge in [-0.25, -0.2) is 0 Å². The number of hydrogen-bond acceptors (Lipinski definition) is 9. The minimum absolute atomic E-state index is 0.0346. The molecule has 3 rings (SSSR count). The standard InChI is InChI=1S/C20H21FN6O3S2/c21-32(29,30)15-4-1-3-12(11-15)19(28)25-13-6-8-14(9-7-13)31-10-2-5-16-17(22)26-20(24)27-18(16)23/h1,3-4,6-9,11H,2,5,10H2,(H,25,28)(H6,22,23,24,26,27). The second-order valence-corrected chi connectivity index (χ2v) is 9.24. The Morgan fingerprint density at radius 1 is 1.03 bits per heavy atom. The van der Waals surface area contributed by atoms with Gasteiger partial charge in [0.05, 0.1) is 4.90 Å². The molecule has 9 nitrogen and oxygen atoms in total. The maximum absolute atomic E-state index is 13.1. The van der Waals surface area contributed by atoms with Crippen LogP contribution in [0.15, 0.2) is 58.3 Å². The van der Waals surface area contributed by atoms with Crippen LogP contribution >= 0.6 is 11.8 Å². The zero-order valence-electron chi connectivity index (χ0n) is 16.8. The van der Waals surface area contributed by atoms with E-state index in [-0.39, 0.29) is 23.1 Å². The molecule has 3 aromatic rings. The van der Waals surface area contributed by atoms with Gasteiger partial charge < -0.3 is 22.5 Å². The van der Waals surface area contributed by atoms with Crippen molar-refractivity contribution in [3.05, 3.63) is 59.7 Å². The highest BCUT2D eigenvalue weighted by molar-refractivity contribution is 7.99. The SMILES string of the molecule is Nc1nc(N)c(CCCSc2ccc(NC(=O)c3cccc(S(=O)(=O)F)c3)cc2)c(N)n1. The highest BCUT2D eigenvalue weighted by Gasteiger charge is 2.15. The number of hydrogen-bond donors (Lipinski definition) is 4. The van der Waals surface area contributed by atoms with Crippen molar-refractivity contribution in [3.63, 3.8) is 0 Å². The maximum atomic E-state index is 13.1. The number of nitrogens with one attached hydrogen (secondary N) is 1. The first-order valence-corrected chi connectivity index (χ1v) is 11.8. The Morgan fingerprint density at radius 3 is 2.31 bits per heavy atom. The molecule has 0 aliphatic rings. The molecular weight excluding hydrogens is 455 g/mol. The summed E-state index contributed by atoms with van der Waals surface area (Å²) in [5.74, 6) is 0.867. The first kappa shape index (κ1) is 23.3. The molecule has 0 saturated carbocycles. The highest BCUT2D eigenvalue weighted by Crippen LogP contribution is 2.24. The van der Waals surface area contributed by atoms with Crippen molar-refractivity contribution in [2.75, 3.05) is 28.3 Å². The van der Waals surface area contributed by atoms with Gasteiger partial charge in [-0.3, -0.25) is 4.79 Å². The molecule has 0 spiro atoms. The quantitative estimate of drug-likeness (QED) is 0.217. The molecule has 0 aliphatic heterocycles. The Hall–Kier alpha value is -3.38. The number of carbonyl (C=O) groups is 1. The largest absolute Gasteiger partial charge is 0.383 e. The Morgan fingerprint density at radius 2 is 1.69 bits per heavy atom. The van der Waals surface area contributed by atoms with E-state index in [1.165, 1.54) is 12.1 Å². The van der Waals surface area contributed by atoms with Crippen molar-refractivity contribution in [2.24, 2.45) is 0 Å². The topological polar surface area (TPSA) is 167 Å². The molecule has 12 heteroatoms. The normalized spacial score (nSPS) is 11.3. The summed E-state index contributed by atoms with van der Waals surface area (Å²) < 4.78 is 35.2. The zero-order valence-corrected chi connectivity index (χ0v) is 18.4. The fourth-order valence-corrected chi connectivity index (χ4v) is 4.22. The summed E-state index contributed by atoms with van der Waals surface area (Å²) in [5, 5.41) is 2.65. The Kier molecular flexibility index (Phi) is 7.15. The lowest BCUT2D eigenvalue weighted by molar-refractivity contribution is 0.102. The number of carbonyl (C=O) groups excluding carboxylic acids is 1. The molecule has 0 bridgehead atoms. The fraction of sp³-hybridized carbons (Fsp3) is 0.150. The highest BCUT2D eigenvalue weighted by atomic mass is 32.3. The zero-order chi connectivity index (χ0) is 23.3. The number of nitrogens with two attached hydrogens (primary N) is 3. The van der Waals surface area contributed by atoms with Crippen LogP contribution in [0, 0.1) is 0 Å². The van der Waals surface area contributed by atoms with E-state index in [0.29, 0.717) is 17.7 Å². The first-order valence-electron chi connectivity index (χ1n) is 9.40. The molecule has 0 fully saturated rings.